The Morgan fingerprint density at radius 2 is 2.19 bits per heavy atom. The smallest absolute Gasteiger partial charge is 0.225 e. The molecule has 0 aromatic carbocycles. The molecule has 0 spiro atoms. The quantitative estimate of drug-likeness (QED) is 0.795. The summed E-state index contributed by atoms with van der Waals surface area (Å²) in [7, 11) is 0. The van der Waals surface area contributed by atoms with E-state index in [1.807, 2.05) is 32.9 Å². The standard InChI is InChI=1S/C12H20N2O2/c1-8(2)11(6-13)12(15)14-7-10-5-4-9(3)16-10/h4-5,8,11H,6-7,13H2,1-3H3,(H,14,15). The Labute approximate surface area is 96.2 Å². The van der Waals surface area contributed by atoms with Crippen LogP contribution in [0.15, 0.2) is 16.5 Å². The van der Waals surface area contributed by atoms with Crippen LogP contribution in [0, 0.1) is 18.8 Å². The van der Waals surface area contributed by atoms with Gasteiger partial charge in [0.2, 0.25) is 5.91 Å². The minimum Gasteiger partial charge on any atom is -0.465 e. The maximum absolute atomic E-state index is 11.8. The van der Waals surface area contributed by atoms with Gasteiger partial charge in [-0.3, -0.25) is 4.79 Å². The Kier molecular flexibility index (Phi) is 4.55. The highest BCUT2D eigenvalue weighted by atomic mass is 16.3. The molecule has 0 bridgehead atoms. The lowest BCUT2D eigenvalue weighted by Gasteiger charge is -2.17. The molecule has 0 saturated heterocycles. The zero-order valence-electron chi connectivity index (χ0n) is 10.1. The zero-order valence-corrected chi connectivity index (χ0v) is 10.1. The van der Waals surface area contributed by atoms with Crippen molar-refractivity contribution in [2.45, 2.75) is 27.3 Å². The maximum atomic E-state index is 11.8. The number of hydrogen-bond donors (Lipinski definition) is 2. The van der Waals surface area contributed by atoms with Gasteiger partial charge in [0.05, 0.1) is 12.5 Å². The van der Waals surface area contributed by atoms with Gasteiger partial charge in [-0.25, -0.2) is 0 Å². The lowest BCUT2D eigenvalue weighted by Crippen LogP contribution is -2.37. The van der Waals surface area contributed by atoms with E-state index >= 15 is 0 Å². The van der Waals surface area contributed by atoms with Crippen molar-refractivity contribution >= 4 is 5.91 Å². The van der Waals surface area contributed by atoms with Crippen molar-refractivity contribution in [1.29, 1.82) is 0 Å². The molecule has 4 heteroatoms. The first-order valence-electron chi connectivity index (χ1n) is 5.57. The summed E-state index contributed by atoms with van der Waals surface area (Å²) in [5, 5.41) is 2.83. The molecule has 0 radical (unpaired) electrons. The number of furan rings is 1. The van der Waals surface area contributed by atoms with Crippen molar-refractivity contribution in [1.82, 2.24) is 5.32 Å². The average Bonchev–Trinajstić information content (AvgIpc) is 2.62. The molecule has 3 N–H and O–H groups in total. The van der Waals surface area contributed by atoms with Gasteiger partial charge in [0.15, 0.2) is 0 Å². The Morgan fingerprint density at radius 1 is 1.50 bits per heavy atom. The van der Waals surface area contributed by atoms with Crippen LogP contribution < -0.4 is 11.1 Å². The Hall–Kier alpha value is -1.29. The fourth-order valence-electron chi connectivity index (χ4n) is 1.57. The third kappa shape index (κ3) is 3.38. The van der Waals surface area contributed by atoms with Gasteiger partial charge in [-0.1, -0.05) is 13.8 Å². The first-order chi connectivity index (χ1) is 7.54. The monoisotopic (exact) mass is 224 g/mol. The third-order valence-electron chi connectivity index (χ3n) is 2.63. The van der Waals surface area contributed by atoms with Crippen LogP contribution in [0.25, 0.3) is 0 Å². The van der Waals surface area contributed by atoms with Gasteiger partial charge in [-0.2, -0.15) is 0 Å². The molecule has 1 aromatic heterocycles. The molecule has 0 aliphatic rings. The molecular formula is C12H20N2O2. The minimum atomic E-state index is -0.129. The second kappa shape index (κ2) is 5.70. The number of carbonyl (C=O) groups is 1. The van der Waals surface area contributed by atoms with Gasteiger partial charge >= 0.3 is 0 Å². The predicted octanol–water partition coefficient (Wildman–Crippen LogP) is 1.44. The molecule has 1 rings (SSSR count). The summed E-state index contributed by atoms with van der Waals surface area (Å²) in [6, 6.07) is 3.74. The van der Waals surface area contributed by atoms with Crippen LogP contribution in [0.1, 0.15) is 25.4 Å². The maximum Gasteiger partial charge on any atom is 0.225 e. The molecule has 90 valence electrons. The van der Waals surface area contributed by atoms with Gasteiger partial charge in [0, 0.05) is 6.54 Å². The molecule has 0 aliphatic carbocycles. The Bertz CT molecular complexity index is 345. The lowest BCUT2D eigenvalue weighted by atomic mass is 9.95. The van der Waals surface area contributed by atoms with E-state index in [-0.39, 0.29) is 17.7 Å². The van der Waals surface area contributed by atoms with Gasteiger partial charge in [0.1, 0.15) is 11.5 Å². The van der Waals surface area contributed by atoms with E-state index < -0.39 is 0 Å². The van der Waals surface area contributed by atoms with E-state index in [0.717, 1.165) is 11.5 Å². The molecule has 4 nitrogen and oxygen atoms in total. The molecule has 1 unspecified atom stereocenters. The van der Waals surface area contributed by atoms with Crippen molar-refractivity contribution in [2.24, 2.45) is 17.6 Å². The topological polar surface area (TPSA) is 68.3 Å². The Morgan fingerprint density at radius 3 is 2.62 bits per heavy atom. The van der Waals surface area contributed by atoms with E-state index in [2.05, 4.69) is 5.32 Å². The van der Waals surface area contributed by atoms with Crippen LogP contribution >= 0.6 is 0 Å². The highest BCUT2D eigenvalue weighted by molar-refractivity contribution is 5.79. The molecule has 0 saturated carbocycles. The van der Waals surface area contributed by atoms with Crippen LogP contribution in [0.3, 0.4) is 0 Å². The predicted molar refractivity (Wildman–Crippen MR) is 62.7 cm³/mol. The van der Waals surface area contributed by atoms with Gasteiger partial charge in [0.25, 0.3) is 0 Å². The highest BCUT2D eigenvalue weighted by Crippen LogP contribution is 2.10. The van der Waals surface area contributed by atoms with Crippen molar-refractivity contribution in [2.75, 3.05) is 6.54 Å². The number of nitrogens with one attached hydrogen (secondary N) is 1. The molecule has 16 heavy (non-hydrogen) atoms. The van der Waals surface area contributed by atoms with Crippen molar-refractivity contribution in [3.05, 3.63) is 23.7 Å². The number of hydrogen-bond acceptors (Lipinski definition) is 3. The molecular weight excluding hydrogens is 204 g/mol. The van der Waals surface area contributed by atoms with Crippen molar-refractivity contribution in [3.8, 4) is 0 Å². The Balaban J connectivity index is 2.45. The second-order valence-electron chi connectivity index (χ2n) is 4.32. The summed E-state index contributed by atoms with van der Waals surface area (Å²) in [6.45, 7) is 6.67. The fourth-order valence-corrected chi connectivity index (χ4v) is 1.57. The summed E-state index contributed by atoms with van der Waals surface area (Å²) >= 11 is 0. The summed E-state index contributed by atoms with van der Waals surface area (Å²) in [5.74, 6) is 1.74. The molecule has 1 aromatic rings. The van der Waals surface area contributed by atoms with Crippen LogP contribution in [-0.2, 0) is 11.3 Å². The molecule has 1 atom stereocenters. The fraction of sp³-hybridized carbons (Fsp3) is 0.583. The molecule has 1 heterocycles. The summed E-state index contributed by atoms with van der Waals surface area (Å²) in [5.41, 5.74) is 5.56. The first kappa shape index (κ1) is 12.8. The number of carbonyl (C=O) groups excluding carboxylic acids is 1. The molecule has 1 amide bonds. The minimum absolute atomic E-state index is 0.00782. The van der Waals surface area contributed by atoms with E-state index in [4.69, 9.17) is 10.2 Å². The number of rotatable bonds is 5. The number of nitrogens with two attached hydrogens (primary N) is 1. The van der Waals surface area contributed by atoms with Crippen molar-refractivity contribution in [3.63, 3.8) is 0 Å². The van der Waals surface area contributed by atoms with Crippen LogP contribution in [-0.4, -0.2) is 12.5 Å². The van der Waals surface area contributed by atoms with Crippen LogP contribution in [0.4, 0.5) is 0 Å². The summed E-state index contributed by atoms with van der Waals surface area (Å²) in [4.78, 5) is 11.8. The largest absolute Gasteiger partial charge is 0.465 e. The summed E-state index contributed by atoms with van der Waals surface area (Å²) in [6.07, 6.45) is 0. The zero-order chi connectivity index (χ0) is 12.1. The van der Waals surface area contributed by atoms with Crippen molar-refractivity contribution < 1.29 is 9.21 Å². The van der Waals surface area contributed by atoms with E-state index in [9.17, 15) is 4.79 Å². The molecule has 0 fully saturated rings. The van der Waals surface area contributed by atoms with E-state index in [1.165, 1.54) is 0 Å². The number of amides is 1. The molecule has 0 aliphatic heterocycles. The normalized spacial score (nSPS) is 12.8. The third-order valence-corrected chi connectivity index (χ3v) is 2.63. The number of aryl methyl sites for hydroxylation is 1. The highest BCUT2D eigenvalue weighted by Gasteiger charge is 2.20. The average molecular weight is 224 g/mol. The van der Waals surface area contributed by atoms with E-state index in [0.29, 0.717) is 13.1 Å². The summed E-state index contributed by atoms with van der Waals surface area (Å²) < 4.78 is 5.36. The van der Waals surface area contributed by atoms with E-state index in [1.54, 1.807) is 0 Å². The lowest BCUT2D eigenvalue weighted by molar-refractivity contribution is -0.126. The second-order valence-corrected chi connectivity index (χ2v) is 4.32. The SMILES string of the molecule is Cc1ccc(CNC(=O)C(CN)C(C)C)o1. The van der Waals surface area contributed by atoms with Gasteiger partial charge in [-0.05, 0) is 25.0 Å². The van der Waals surface area contributed by atoms with Gasteiger partial charge < -0.3 is 15.5 Å². The van der Waals surface area contributed by atoms with Crippen LogP contribution in [0.5, 0.6) is 0 Å². The van der Waals surface area contributed by atoms with Gasteiger partial charge in [-0.15, -0.1) is 0 Å². The van der Waals surface area contributed by atoms with Crippen LogP contribution in [0.2, 0.25) is 0 Å². The first-order valence-corrected chi connectivity index (χ1v) is 5.57.